The Morgan fingerprint density at radius 2 is 2.00 bits per heavy atom. The highest BCUT2D eigenvalue weighted by Gasteiger charge is 2.49. The van der Waals surface area contributed by atoms with Crippen molar-refractivity contribution in [2.75, 3.05) is 26.2 Å². The van der Waals surface area contributed by atoms with Crippen LogP contribution in [0.1, 0.15) is 20.8 Å². The van der Waals surface area contributed by atoms with Crippen molar-refractivity contribution >= 4 is 12.0 Å². The molecule has 6 nitrogen and oxygen atoms in total. The van der Waals surface area contributed by atoms with Crippen molar-refractivity contribution in [3.63, 3.8) is 0 Å². The van der Waals surface area contributed by atoms with Crippen molar-refractivity contribution in [2.24, 2.45) is 5.41 Å². The molecule has 0 spiro atoms. The quantitative estimate of drug-likeness (QED) is 0.648. The maximum Gasteiger partial charge on any atom is 0.407 e. The molecule has 18 heavy (non-hydrogen) atoms. The summed E-state index contributed by atoms with van der Waals surface area (Å²) in [5.74, 6) is -0.0490. The lowest BCUT2D eigenvalue weighted by molar-refractivity contribution is -0.137. The molecule has 1 unspecified atom stereocenters. The van der Waals surface area contributed by atoms with Gasteiger partial charge in [-0.1, -0.05) is 20.8 Å². The fourth-order valence-corrected chi connectivity index (χ4v) is 3.03. The summed E-state index contributed by atoms with van der Waals surface area (Å²) in [7, 11) is 0. The maximum atomic E-state index is 12.1. The van der Waals surface area contributed by atoms with Crippen LogP contribution in [0.3, 0.4) is 0 Å². The van der Waals surface area contributed by atoms with Crippen LogP contribution in [0, 0.1) is 5.41 Å². The first-order chi connectivity index (χ1) is 8.32. The van der Waals surface area contributed by atoms with Crippen LogP contribution in [0.15, 0.2) is 0 Å². The number of piperazine rings is 2. The highest BCUT2D eigenvalue weighted by Crippen LogP contribution is 2.33. The monoisotopic (exact) mass is 255 g/mol. The van der Waals surface area contributed by atoms with E-state index in [1.807, 2.05) is 20.8 Å². The Kier molecular flexibility index (Phi) is 3.23. The molecule has 0 radical (unpaired) electrons. The topological polar surface area (TPSA) is 72.9 Å². The third kappa shape index (κ3) is 2.16. The van der Waals surface area contributed by atoms with Gasteiger partial charge in [0.15, 0.2) is 0 Å². The van der Waals surface area contributed by atoms with Crippen molar-refractivity contribution < 1.29 is 14.7 Å². The van der Waals surface area contributed by atoms with E-state index < -0.39 is 6.09 Å². The van der Waals surface area contributed by atoms with E-state index >= 15 is 0 Å². The van der Waals surface area contributed by atoms with Crippen molar-refractivity contribution in [2.45, 2.75) is 32.9 Å². The molecule has 0 aromatic rings. The van der Waals surface area contributed by atoms with Gasteiger partial charge >= 0.3 is 6.09 Å². The minimum absolute atomic E-state index is 0.0490. The van der Waals surface area contributed by atoms with Gasteiger partial charge in [0.05, 0.1) is 6.04 Å². The molecular weight excluding hydrogens is 234 g/mol. The predicted octanol–water partition coefficient (Wildman–Crippen LogP) is 0.195. The molecule has 2 N–H and O–H groups in total. The lowest BCUT2D eigenvalue weighted by Gasteiger charge is -2.52. The molecule has 0 bridgehead atoms. The summed E-state index contributed by atoms with van der Waals surface area (Å²) in [5.41, 5.74) is -0.267. The number of hydrogen-bond donors (Lipinski definition) is 2. The van der Waals surface area contributed by atoms with Crippen LogP contribution in [0.4, 0.5) is 4.79 Å². The summed E-state index contributed by atoms with van der Waals surface area (Å²) in [5, 5.41) is 12.2. The number of fused-ring (bicyclic) bond motifs is 1. The van der Waals surface area contributed by atoms with E-state index in [9.17, 15) is 14.7 Å². The van der Waals surface area contributed by atoms with E-state index in [1.165, 1.54) is 4.90 Å². The average Bonchev–Trinajstić information content (AvgIpc) is 2.26. The summed E-state index contributed by atoms with van der Waals surface area (Å²) in [6.45, 7) is 8.52. The van der Waals surface area contributed by atoms with Gasteiger partial charge in [-0.3, -0.25) is 9.69 Å². The largest absolute Gasteiger partial charge is 0.465 e. The highest BCUT2D eigenvalue weighted by atomic mass is 16.4. The van der Waals surface area contributed by atoms with Gasteiger partial charge in [0.1, 0.15) is 6.04 Å². The molecule has 2 amide bonds. The maximum absolute atomic E-state index is 12.1. The number of carbonyl (C=O) groups excluding carboxylic acids is 1. The highest BCUT2D eigenvalue weighted by molar-refractivity contribution is 5.84. The van der Waals surface area contributed by atoms with Crippen molar-refractivity contribution in [1.82, 2.24) is 15.1 Å². The number of hydrogen-bond acceptors (Lipinski definition) is 3. The van der Waals surface area contributed by atoms with E-state index in [0.717, 1.165) is 6.54 Å². The Labute approximate surface area is 107 Å². The zero-order valence-corrected chi connectivity index (χ0v) is 11.1. The minimum atomic E-state index is -0.937. The molecule has 2 aliphatic rings. The van der Waals surface area contributed by atoms with Crippen molar-refractivity contribution in [3.05, 3.63) is 0 Å². The fourth-order valence-electron chi connectivity index (χ4n) is 3.03. The summed E-state index contributed by atoms with van der Waals surface area (Å²) in [4.78, 5) is 27.0. The minimum Gasteiger partial charge on any atom is -0.465 e. The Morgan fingerprint density at radius 1 is 1.33 bits per heavy atom. The van der Waals surface area contributed by atoms with E-state index in [2.05, 4.69) is 10.2 Å². The molecule has 2 atom stereocenters. The average molecular weight is 255 g/mol. The summed E-state index contributed by atoms with van der Waals surface area (Å²) >= 11 is 0. The lowest BCUT2D eigenvalue weighted by Crippen LogP contribution is -2.71. The van der Waals surface area contributed by atoms with E-state index in [0.29, 0.717) is 19.6 Å². The van der Waals surface area contributed by atoms with Crippen LogP contribution < -0.4 is 5.32 Å². The smallest absolute Gasteiger partial charge is 0.407 e. The normalized spacial score (nSPS) is 29.7. The van der Waals surface area contributed by atoms with E-state index in [4.69, 9.17) is 0 Å². The van der Waals surface area contributed by atoms with Crippen LogP contribution >= 0.6 is 0 Å². The molecule has 0 aliphatic carbocycles. The predicted molar refractivity (Wildman–Crippen MR) is 66.3 cm³/mol. The number of rotatable bonds is 0. The Morgan fingerprint density at radius 3 is 2.56 bits per heavy atom. The third-order valence-corrected chi connectivity index (χ3v) is 3.76. The molecular formula is C12H21N3O3. The van der Waals surface area contributed by atoms with Gasteiger partial charge in [-0.2, -0.15) is 0 Å². The first-order valence-electron chi connectivity index (χ1n) is 6.33. The van der Waals surface area contributed by atoms with Crippen LogP contribution in [0.25, 0.3) is 0 Å². The van der Waals surface area contributed by atoms with Gasteiger partial charge < -0.3 is 15.3 Å². The molecule has 2 rings (SSSR count). The molecule has 0 aromatic carbocycles. The van der Waals surface area contributed by atoms with Crippen LogP contribution in [-0.4, -0.2) is 65.2 Å². The van der Waals surface area contributed by atoms with Gasteiger partial charge in [-0.25, -0.2) is 4.79 Å². The summed E-state index contributed by atoms with van der Waals surface area (Å²) < 4.78 is 0. The Balaban J connectivity index is 2.35. The van der Waals surface area contributed by atoms with Gasteiger partial charge in [0.2, 0.25) is 5.91 Å². The molecule has 0 aromatic heterocycles. The Bertz CT molecular complexity index is 364. The number of carbonyl (C=O) groups is 2. The SMILES string of the molecule is CC(C)(C)[C@H]1C2C(=O)NCCN2CCN1C(=O)O. The molecule has 2 aliphatic heterocycles. The molecule has 102 valence electrons. The molecule has 2 heterocycles. The molecule has 0 saturated carbocycles. The summed E-state index contributed by atoms with van der Waals surface area (Å²) in [6.07, 6.45) is -0.937. The van der Waals surface area contributed by atoms with E-state index in [1.54, 1.807) is 0 Å². The standard InChI is InChI=1S/C12H21N3O3/c1-12(2,3)9-8-10(16)13-4-5-14(8)6-7-15(9)11(17)18/h8-9H,4-7H2,1-3H3,(H,13,16)(H,17,18)/t8?,9-/m1/s1. The van der Waals surface area contributed by atoms with Crippen molar-refractivity contribution in [3.8, 4) is 0 Å². The lowest BCUT2D eigenvalue weighted by atomic mass is 9.78. The van der Waals surface area contributed by atoms with Gasteiger partial charge in [-0.05, 0) is 5.41 Å². The van der Waals surface area contributed by atoms with Gasteiger partial charge in [0.25, 0.3) is 0 Å². The number of carboxylic acid groups (broad SMARTS) is 1. The van der Waals surface area contributed by atoms with Gasteiger partial charge in [-0.15, -0.1) is 0 Å². The number of nitrogens with one attached hydrogen (secondary N) is 1. The van der Waals surface area contributed by atoms with Crippen LogP contribution in [-0.2, 0) is 4.79 Å². The first-order valence-corrected chi connectivity index (χ1v) is 6.33. The second kappa shape index (κ2) is 4.42. The van der Waals surface area contributed by atoms with Crippen molar-refractivity contribution in [1.29, 1.82) is 0 Å². The number of nitrogens with zero attached hydrogens (tertiary/aromatic N) is 2. The van der Waals surface area contributed by atoms with E-state index in [-0.39, 0.29) is 23.4 Å². The zero-order chi connectivity index (χ0) is 13.5. The molecule has 2 fully saturated rings. The fraction of sp³-hybridized carbons (Fsp3) is 0.833. The Hall–Kier alpha value is -1.30. The second-order valence-corrected chi connectivity index (χ2v) is 6.06. The van der Waals surface area contributed by atoms with Crippen LogP contribution in [0.5, 0.6) is 0 Å². The number of amides is 2. The van der Waals surface area contributed by atoms with Crippen LogP contribution in [0.2, 0.25) is 0 Å². The molecule has 6 heteroatoms. The second-order valence-electron chi connectivity index (χ2n) is 6.06. The summed E-state index contributed by atoms with van der Waals surface area (Å²) in [6, 6.07) is -0.660. The first kappa shape index (κ1) is 13.1. The zero-order valence-electron chi connectivity index (χ0n) is 11.1. The third-order valence-electron chi connectivity index (χ3n) is 3.76. The van der Waals surface area contributed by atoms with Gasteiger partial charge in [0, 0.05) is 26.2 Å². The molecule has 2 saturated heterocycles.